The molecule has 21 heavy (non-hydrogen) atoms. The molecular weight excluding hydrogens is 279 g/mol. The van der Waals surface area contributed by atoms with Gasteiger partial charge < -0.3 is 10.1 Å². The summed E-state index contributed by atoms with van der Waals surface area (Å²) in [6.07, 6.45) is -2.96. The topological polar surface area (TPSA) is 21.3 Å². The summed E-state index contributed by atoms with van der Waals surface area (Å²) in [4.78, 5) is 0. The van der Waals surface area contributed by atoms with Crippen molar-refractivity contribution >= 4 is 5.69 Å². The molecule has 0 saturated heterocycles. The predicted octanol–water partition coefficient (Wildman–Crippen LogP) is 4.43. The smallest absolute Gasteiger partial charge is 0.406 e. The van der Waals surface area contributed by atoms with E-state index in [0.29, 0.717) is 0 Å². The third-order valence-electron chi connectivity index (χ3n) is 2.85. The van der Waals surface area contributed by atoms with Gasteiger partial charge in [0.05, 0.1) is 0 Å². The number of aryl methyl sites for hydroxylation is 1. The van der Waals surface area contributed by atoms with E-state index in [-0.39, 0.29) is 5.75 Å². The quantitative estimate of drug-likeness (QED) is 0.796. The van der Waals surface area contributed by atoms with Gasteiger partial charge in [-0.3, -0.25) is 0 Å². The van der Waals surface area contributed by atoms with Crippen molar-refractivity contribution in [3.63, 3.8) is 0 Å². The molecule has 0 aromatic heterocycles. The van der Waals surface area contributed by atoms with Crippen LogP contribution >= 0.6 is 0 Å². The molecule has 0 spiro atoms. The normalized spacial score (nSPS) is 11.2. The van der Waals surface area contributed by atoms with Crippen LogP contribution < -0.4 is 10.1 Å². The number of halogens is 3. The first-order chi connectivity index (χ1) is 10.0. The van der Waals surface area contributed by atoms with E-state index >= 15 is 0 Å². The lowest BCUT2D eigenvalue weighted by Crippen LogP contribution is -2.17. The van der Waals surface area contributed by atoms with Gasteiger partial charge in [-0.05, 0) is 48.7 Å². The zero-order valence-electron chi connectivity index (χ0n) is 11.3. The van der Waals surface area contributed by atoms with E-state index in [4.69, 9.17) is 0 Å². The molecular formula is C16H15F3NO. The molecule has 0 fully saturated rings. The lowest BCUT2D eigenvalue weighted by atomic mass is 10.1. The second-order valence-electron chi connectivity index (χ2n) is 4.51. The van der Waals surface area contributed by atoms with Gasteiger partial charge in [-0.2, -0.15) is 0 Å². The van der Waals surface area contributed by atoms with Crippen LogP contribution in [0.15, 0.2) is 48.5 Å². The van der Waals surface area contributed by atoms with E-state index < -0.39 is 6.36 Å². The molecule has 1 N–H and O–H groups in total. The predicted molar refractivity (Wildman–Crippen MR) is 75.2 cm³/mol. The van der Waals surface area contributed by atoms with Crippen LogP contribution in [0.5, 0.6) is 5.75 Å². The minimum atomic E-state index is -4.64. The van der Waals surface area contributed by atoms with Gasteiger partial charge in [0.15, 0.2) is 0 Å². The minimum Gasteiger partial charge on any atom is -0.406 e. The fraction of sp³-hybridized carbons (Fsp3) is 0.250. The molecule has 1 radical (unpaired) electrons. The van der Waals surface area contributed by atoms with E-state index in [0.717, 1.165) is 30.6 Å². The first kappa shape index (κ1) is 15.2. The number of hydrogen-bond acceptors (Lipinski definition) is 2. The van der Waals surface area contributed by atoms with Gasteiger partial charge in [0.1, 0.15) is 5.75 Å². The number of ether oxygens (including phenoxy) is 1. The number of benzene rings is 2. The number of alkyl halides is 3. The summed E-state index contributed by atoms with van der Waals surface area (Å²) in [5, 5.41) is 3.26. The maximum atomic E-state index is 12.0. The van der Waals surface area contributed by atoms with Crippen LogP contribution in [0.2, 0.25) is 0 Å². The lowest BCUT2D eigenvalue weighted by molar-refractivity contribution is -0.274. The lowest BCUT2D eigenvalue weighted by Gasteiger charge is -2.09. The minimum absolute atomic E-state index is 0.190. The van der Waals surface area contributed by atoms with Gasteiger partial charge in [0.2, 0.25) is 0 Å². The molecule has 0 heterocycles. The van der Waals surface area contributed by atoms with Crippen molar-refractivity contribution < 1.29 is 17.9 Å². The van der Waals surface area contributed by atoms with Crippen LogP contribution in [-0.4, -0.2) is 12.9 Å². The molecule has 0 aliphatic rings. The summed E-state index contributed by atoms with van der Waals surface area (Å²) < 4.78 is 39.9. The molecule has 2 aromatic rings. The third kappa shape index (κ3) is 5.77. The van der Waals surface area contributed by atoms with Crippen molar-refractivity contribution in [3.8, 4) is 5.75 Å². The van der Waals surface area contributed by atoms with Crippen molar-refractivity contribution in [1.82, 2.24) is 0 Å². The van der Waals surface area contributed by atoms with E-state index in [2.05, 4.69) is 16.1 Å². The summed E-state index contributed by atoms with van der Waals surface area (Å²) in [5.41, 5.74) is 2.01. The Kier molecular flexibility index (Phi) is 5.09. The highest BCUT2D eigenvalue weighted by Gasteiger charge is 2.30. The van der Waals surface area contributed by atoms with Crippen LogP contribution in [0.4, 0.5) is 18.9 Å². The molecule has 0 bridgehead atoms. The Balaban J connectivity index is 1.74. The summed E-state index contributed by atoms with van der Waals surface area (Å²) >= 11 is 0. The van der Waals surface area contributed by atoms with E-state index in [9.17, 15) is 13.2 Å². The third-order valence-corrected chi connectivity index (χ3v) is 2.85. The highest BCUT2D eigenvalue weighted by atomic mass is 19.4. The fourth-order valence-corrected chi connectivity index (χ4v) is 1.89. The Labute approximate surface area is 121 Å². The molecule has 0 aliphatic carbocycles. The fourth-order valence-electron chi connectivity index (χ4n) is 1.89. The maximum absolute atomic E-state index is 12.0. The van der Waals surface area contributed by atoms with E-state index in [1.807, 2.05) is 24.3 Å². The Hall–Kier alpha value is -2.17. The molecule has 2 nitrogen and oxygen atoms in total. The van der Waals surface area contributed by atoms with Crippen LogP contribution in [-0.2, 0) is 6.42 Å². The second kappa shape index (κ2) is 7.02. The van der Waals surface area contributed by atoms with Crippen molar-refractivity contribution in [3.05, 3.63) is 60.2 Å². The molecule has 0 saturated carbocycles. The van der Waals surface area contributed by atoms with Gasteiger partial charge >= 0.3 is 6.36 Å². The SMILES string of the molecule is FC(F)(F)Oc1ccc(CCCNc2cc[c]cc2)cc1. The van der Waals surface area contributed by atoms with Crippen LogP contribution in [0.1, 0.15) is 12.0 Å². The summed E-state index contributed by atoms with van der Waals surface area (Å²) in [6.45, 7) is 0.796. The Morgan fingerprint density at radius 2 is 1.67 bits per heavy atom. The van der Waals surface area contributed by atoms with Crippen LogP contribution in [0, 0.1) is 6.07 Å². The number of anilines is 1. The van der Waals surface area contributed by atoms with Gasteiger partial charge in [-0.1, -0.05) is 24.3 Å². The standard InChI is InChI=1S/C16H15F3NO/c17-16(18,19)21-15-10-8-13(9-11-15)5-4-12-20-14-6-2-1-3-7-14/h2-3,6-11,20H,4-5,12H2. The van der Waals surface area contributed by atoms with Crippen molar-refractivity contribution in [2.45, 2.75) is 19.2 Å². The maximum Gasteiger partial charge on any atom is 0.573 e. The van der Waals surface area contributed by atoms with Crippen molar-refractivity contribution in [2.75, 3.05) is 11.9 Å². The number of rotatable bonds is 6. The van der Waals surface area contributed by atoms with E-state index in [1.165, 1.54) is 12.1 Å². The molecule has 5 heteroatoms. The van der Waals surface area contributed by atoms with Gasteiger partial charge in [0.25, 0.3) is 0 Å². The summed E-state index contributed by atoms with van der Waals surface area (Å²) in [5.74, 6) is -0.190. The molecule has 111 valence electrons. The van der Waals surface area contributed by atoms with Crippen LogP contribution in [0.3, 0.4) is 0 Å². The second-order valence-corrected chi connectivity index (χ2v) is 4.51. The molecule has 0 unspecified atom stereocenters. The monoisotopic (exact) mass is 294 g/mol. The number of nitrogens with one attached hydrogen (secondary N) is 1. The highest BCUT2D eigenvalue weighted by Crippen LogP contribution is 2.23. The number of hydrogen-bond donors (Lipinski definition) is 1. The average Bonchev–Trinajstić information content (AvgIpc) is 2.45. The zero-order valence-corrected chi connectivity index (χ0v) is 11.3. The molecule has 0 aliphatic heterocycles. The summed E-state index contributed by atoms with van der Waals surface area (Å²) in [7, 11) is 0. The first-order valence-corrected chi connectivity index (χ1v) is 6.58. The highest BCUT2D eigenvalue weighted by molar-refractivity contribution is 5.42. The summed E-state index contributed by atoms with van der Waals surface area (Å²) in [6, 6.07) is 16.5. The molecule has 0 amide bonds. The molecule has 0 atom stereocenters. The first-order valence-electron chi connectivity index (χ1n) is 6.58. The average molecular weight is 294 g/mol. The largest absolute Gasteiger partial charge is 0.573 e. The Bertz CT molecular complexity index is 538. The van der Waals surface area contributed by atoms with Gasteiger partial charge in [-0.25, -0.2) is 0 Å². The zero-order chi connectivity index (χ0) is 15.1. The van der Waals surface area contributed by atoms with Gasteiger partial charge in [0, 0.05) is 12.2 Å². The molecule has 2 rings (SSSR count). The Morgan fingerprint density at radius 1 is 1.00 bits per heavy atom. The van der Waals surface area contributed by atoms with E-state index in [1.54, 1.807) is 12.1 Å². The molecule has 2 aromatic carbocycles. The van der Waals surface area contributed by atoms with Crippen molar-refractivity contribution in [2.24, 2.45) is 0 Å². The van der Waals surface area contributed by atoms with Gasteiger partial charge in [-0.15, -0.1) is 13.2 Å². The Morgan fingerprint density at radius 3 is 2.29 bits per heavy atom. The van der Waals surface area contributed by atoms with Crippen molar-refractivity contribution in [1.29, 1.82) is 0 Å². The van der Waals surface area contributed by atoms with Crippen LogP contribution in [0.25, 0.3) is 0 Å².